The van der Waals surface area contributed by atoms with E-state index in [0.717, 1.165) is 12.5 Å². The molecular formula is C12H12BrF3N2. The van der Waals surface area contributed by atoms with Gasteiger partial charge in [-0.25, -0.2) is 0 Å². The molecule has 1 aliphatic heterocycles. The van der Waals surface area contributed by atoms with E-state index in [-0.39, 0.29) is 5.56 Å². The van der Waals surface area contributed by atoms with Crippen molar-refractivity contribution in [1.82, 2.24) is 0 Å². The molecule has 0 saturated carbocycles. The molecule has 98 valence electrons. The van der Waals surface area contributed by atoms with Crippen LogP contribution in [0.5, 0.6) is 0 Å². The molecule has 0 fully saturated rings. The zero-order chi connectivity index (χ0) is 13.3. The standard InChI is InChI=1S/C12H12BrF3N2/c13-7-3-4-8(10(6-7)12(14,15)16)9-2-1-5-18-11(9)17/h3-4,6,9H,1-2,5H2,(H2,17,18). The smallest absolute Gasteiger partial charge is 0.387 e. The van der Waals surface area contributed by atoms with Gasteiger partial charge in [-0.05, 0) is 30.5 Å². The predicted octanol–water partition coefficient (Wildman–Crippen LogP) is 3.70. The molecule has 1 unspecified atom stereocenters. The van der Waals surface area contributed by atoms with Gasteiger partial charge in [-0.3, -0.25) is 4.99 Å². The van der Waals surface area contributed by atoms with Gasteiger partial charge in [0, 0.05) is 16.9 Å². The van der Waals surface area contributed by atoms with Crippen molar-refractivity contribution in [2.24, 2.45) is 10.7 Å². The molecule has 1 aliphatic rings. The second-order valence-electron chi connectivity index (χ2n) is 4.23. The van der Waals surface area contributed by atoms with Crippen LogP contribution in [0.15, 0.2) is 27.7 Å². The summed E-state index contributed by atoms with van der Waals surface area (Å²) in [4.78, 5) is 4.05. The third-order valence-electron chi connectivity index (χ3n) is 3.00. The van der Waals surface area contributed by atoms with E-state index in [0.29, 0.717) is 23.3 Å². The number of hydrogen-bond donors (Lipinski definition) is 1. The van der Waals surface area contributed by atoms with E-state index in [1.807, 2.05) is 0 Å². The number of rotatable bonds is 1. The summed E-state index contributed by atoms with van der Waals surface area (Å²) in [5.41, 5.74) is 5.31. The van der Waals surface area contributed by atoms with Crippen LogP contribution in [0.1, 0.15) is 29.9 Å². The van der Waals surface area contributed by atoms with Crippen LogP contribution in [0.25, 0.3) is 0 Å². The lowest BCUT2D eigenvalue weighted by molar-refractivity contribution is -0.138. The lowest BCUT2D eigenvalue weighted by Gasteiger charge is -2.24. The summed E-state index contributed by atoms with van der Waals surface area (Å²) >= 11 is 3.07. The van der Waals surface area contributed by atoms with Crippen LogP contribution < -0.4 is 5.73 Å². The van der Waals surface area contributed by atoms with Crippen molar-refractivity contribution in [2.75, 3.05) is 6.54 Å². The Kier molecular flexibility index (Phi) is 3.66. The van der Waals surface area contributed by atoms with Crippen LogP contribution in [0.2, 0.25) is 0 Å². The van der Waals surface area contributed by atoms with Crippen molar-refractivity contribution >= 4 is 21.8 Å². The average molecular weight is 321 g/mol. The van der Waals surface area contributed by atoms with Gasteiger partial charge in [0.1, 0.15) is 5.84 Å². The fraction of sp³-hybridized carbons (Fsp3) is 0.417. The summed E-state index contributed by atoms with van der Waals surface area (Å²) < 4.78 is 39.4. The van der Waals surface area contributed by atoms with Crippen LogP contribution in [0.4, 0.5) is 13.2 Å². The molecule has 0 aromatic heterocycles. The molecule has 1 atom stereocenters. The molecule has 0 radical (unpaired) electrons. The topological polar surface area (TPSA) is 38.4 Å². The van der Waals surface area contributed by atoms with Crippen LogP contribution in [0.3, 0.4) is 0 Å². The van der Waals surface area contributed by atoms with Crippen molar-refractivity contribution in [1.29, 1.82) is 0 Å². The van der Waals surface area contributed by atoms with Gasteiger partial charge in [0.05, 0.1) is 5.56 Å². The van der Waals surface area contributed by atoms with E-state index < -0.39 is 17.7 Å². The Hall–Kier alpha value is -1.04. The molecule has 1 aromatic rings. The number of nitrogens with zero attached hydrogens (tertiary/aromatic N) is 1. The highest BCUT2D eigenvalue weighted by Crippen LogP contribution is 2.38. The molecule has 1 aromatic carbocycles. The monoisotopic (exact) mass is 320 g/mol. The van der Waals surface area contributed by atoms with E-state index in [1.54, 1.807) is 6.07 Å². The maximum Gasteiger partial charge on any atom is 0.416 e. The van der Waals surface area contributed by atoms with Crippen molar-refractivity contribution in [3.05, 3.63) is 33.8 Å². The fourth-order valence-electron chi connectivity index (χ4n) is 2.15. The maximum absolute atomic E-state index is 13.0. The van der Waals surface area contributed by atoms with Crippen molar-refractivity contribution in [3.63, 3.8) is 0 Å². The van der Waals surface area contributed by atoms with Crippen LogP contribution in [0, 0.1) is 0 Å². The minimum absolute atomic E-state index is 0.214. The molecule has 18 heavy (non-hydrogen) atoms. The summed E-state index contributed by atoms with van der Waals surface area (Å²) in [5, 5.41) is 0. The Labute approximate surface area is 111 Å². The molecular weight excluding hydrogens is 309 g/mol. The first-order valence-electron chi connectivity index (χ1n) is 5.56. The largest absolute Gasteiger partial charge is 0.416 e. The second kappa shape index (κ2) is 4.91. The number of amidine groups is 1. The first-order chi connectivity index (χ1) is 8.39. The third-order valence-corrected chi connectivity index (χ3v) is 3.49. The Balaban J connectivity index is 2.50. The zero-order valence-electron chi connectivity index (χ0n) is 9.47. The normalized spacial score (nSPS) is 20.7. The fourth-order valence-corrected chi connectivity index (χ4v) is 2.52. The quantitative estimate of drug-likeness (QED) is 0.841. The summed E-state index contributed by atoms with van der Waals surface area (Å²) in [6, 6.07) is 4.18. The van der Waals surface area contributed by atoms with E-state index in [2.05, 4.69) is 20.9 Å². The van der Waals surface area contributed by atoms with E-state index in [4.69, 9.17) is 5.73 Å². The minimum Gasteiger partial charge on any atom is -0.387 e. The Bertz CT molecular complexity index is 483. The number of halogens is 4. The maximum atomic E-state index is 13.0. The molecule has 0 amide bonds. The first-order valence-corrected chi connectivity index (χ1v) is 6.35. The molecule has 2 N–H and O–H groups in total. The highest BCUT2D eigenvalue weighted by Gasteiger charge is 2.36. The van der Waals surface area contributed by atoms with E-state index >= 15 is 0 Å². The summed E-state index contributed by atoms with van der Waals surface area (Å²) in [5.74, 6) is -0.127. The van der Waals surface area contributed by atoms with Crippen LogP contribution >= 0.6 is 15.9 Å². The van der Waals surface area contributed by atoms with Gasteiger partial charge in [0.25, 0.3) is 0 Å². The van der Waals surface area contributed by atoms with Gasteiger partial charge in [-0.15, -0.1) is 0 Å². The Morgan fingerprint density at radius 1 is 1.33 bits per heavy atom. The number of nitrogens with two attached hydrogens (primary N) is 1. The summed E-state index contributed by atoms with van der Waals surface area (Å²) in [7, 11) is 0. The predicted molar refractivity (Wildman–Crippen MR) is 67.6 cm³/mol. The van der Waals surface area contributed by atoms with Crippen molar-refractivity contribution in [2.45, 2.75) is 24.9 Å². The third kappa shape index (κ3) is 2.68. The van der Waals surface area contributed by atoms with Gasteiger partial charge in [-0.2, -0.15) is 13.2 Å². The van der Waals surface area contributed by atoms with Gasteiger partial charge in [-0.1, -0.05) is 22.0 Å². The van der Waals surface area contributed by atoms with Gasteiger partial charge < -0.3 is 5.73 Å². The van der Waals surface area contributed by atoms with Gasteiger partial charge in [0.2, 0.25) is 0 Å². The first kappa shape index (κ1) is 13.4. The minimum atomic E-state index is -4.38. The molecule has 0 saturated heterocycles. The number of aliphatic imine (C=N–C) groups is 1. The highest BCUT2D eigenvalue weighted by molar-refractivity contribution is 9.10. The van der Waals surface area contributed by atoms with Crippen molar-refractivity contribution in [3.8, 4) is 0 Å². The highest BCUT2D eigenvalue weighted by atomic mass is 79.9. The number of hydrogen-bond acceptors (Lipinski definition) is 2. The van der Waals surface area contributed by atoms with E-state index in [1.165, 1.54) is 6.07 Å². The molecule has 1 heterocycles. The van der Waals surface area contributed by atoms with Crippen LogP contribution in [-0.4, -0.2) is 12.4 Å². The SMILES string of the molecule is NC1=NCCCC1c1ccc(Br)cc1C(F)(F)F. The summed E-state index contributed by atoms with van der Waals surface area (Å²) in [6.07, 6.45) is -3.00. The lowest BCUT2D eigenvalue weighted by Crippen LogP contribution is -2.27. The van der Waals surface area contributed by atoms with Crippen molar-refractivity contribution < 1.29 is 13.2 Å². The van der Waals surface area contributed by atoms with Crippen LogP contribution in [-0.2, 0) is 6.18 Å². The lowest BCUT2D eigenvalue weighted by atomic mass is 9.88. The summed E-state index contributed by atoms with van der Waals surface area (Å²) in [6.45, 7) is 0.597. The van der Waals surface area contributed by atoms with Gasteiger partial charge in [0.15, 0.2) is 0 Å². The second-order valence-corrected chi connectivity index (χ2v) is 5.15. The Morgan fingerprint density at radius 2 is 2.06 bits per heavy atom. The zero-order valence-corrected chi connectivity index (χ0v) is 11.1. The molecule has 0 spiro atoms. The number of alkyl halides is 3. The molecule has 0 aliphatic carbocycles. The Morgan fingerprint density at radius 3 is 2.67 bits per heavy atom. The molecule has 2 nitrogen and oxygen atoms in total. The molecule has 2 rings (SSSR count). The van der Waals surface area contributed by atoms with E-state index in [9.17, 15) is 13.2 Å². The number of benzene rings is 1. The molecule has 0 bridgehead atoms. The molecule has 6 heteroatoms. The average Bonchev–Trinajstić information content (AvgIpc) is 2.29. The van der Waals surface area contributed by atoms with Gasteiger partial charge >= 0.3 is 6.18 Å².